The van der Waals surface area contributed by atoms with E-state index in [-0.39, 0.29) is 6.54 Å². The van der Waals surface area contributed by atoms with Gasteiger partial charge in [0.25, 0.3) is 0 Å². The quantitative estimate of drug-likeness (QED) is 0.508. The maximum Gasteiger partial charge on any atom is 0.416 e. The van der Waals surface area contributed by atoms with Crippen molar-refractivity contribution in [1.82, 2.24) is 19.2 Å². The van der Waals surface area contributed by atoms with Crippen LogP contribution in [0, 0.1) is 6.92 Å². The normalized spacial score (nSPS) is 11.9. The third-order valence-corrected chi connectivity index (χ3v) is 4.75. The fourth-order valence-electron chi connectivity index (χ4n) is 3.39. The van der Waals surface area contributed by atoms with Crippen LogP contribution in [-0.4, -0.2) is 33.4 Å². The Balaban J connectivity index is 2.00. The number of methoxy groups -OCH3 is 2. The fourth-order valence-corrected chi connectivity index (χ4v) is 3.39. The molecule has 4 aromatic rings. The Morgan fingerprint density at radius 2 is 1.77 bits per heavy atom. The van der Waals surface area contributed by atoms with Crippen LogP contribution < -0.4 is 15.2 Å². The summed E-state index contributed by atoms with van der Waals surface area (Å²) in [6.45, 7) is 1.56. The summed E-state index contributed by atoms with van der Waals surface area (Å²) in [6.07, 6.45) is -4.48. The Morgan fingerprint density at radius 3 is 2.43 bits per heavy atom. The average molecular weight is 418 g/mol. The van der Waals surface area contributed by atoms with Crippen molar-refractivity contribution in [2.24, 2.45) is 0 Å². The maximum absolute atomic E-state index is 13.1. The molecule has 0 N–H and O–H groups in total. The number of aryl methyl sites for hydroxylation is 1. The first-order valence-electron chi connectivity index (χ1n) is 8.91. The van der Waals surface area contributed by atoms with Gasteiger partial charge in [0.1, 0.15) is 5.82 Å². The lowest BCUT2D eigenvalue weighted by atomic mass is 10.1. The lowest BCUT2D eigenvalue weighted by Crippen LogP contribution is -2.28. The zero-order valence-corrected chi connectivity index (χ0v) is 16.3. The molecule has 0 aliphatic heterocycles. The number of benzene rings is 2. The van der Waals surface area contributed by atoms with Gasteiger partial charge in [-0.1, -0.05) is 12.1 Å². The van der Waals surface area contributed by atoms with Crippen LogP contribution >= 0.6 is 0 Å². The second kappa shape index (κ2) is 7.05. The second-order valence-corrected chi connectivity index (χ2v) is 6.69. The third-order valence-electron chi connectivity index (χ3n) is 4.75. The summed E-state index contributed by atoms with van der Waals surface area (Å²) < 4.78 is 52.5. The predicted molar refractivity (Wildman–Crippen MR) is 103 cm³/mol. The van der Waals surface area contributed by atoms with E-state index in [0.29, 0.717) is 39.4 Å². The molecule has 0 saturated heterocycles. The SMILES string of the molecule is COc1cc2c(cc1OC)n(Cc1cccc(C(F)(F)F)c1)c(=O)n1nc(C)nc21. The lowest BCUT2D eigenvalue weighted by molar-refractivity contribution is -0.137. The van der Waals surface area contributed by atoms with Gasteiger partial charge in [0.15, 0.2) is 17.1 Å². The molecular formula is C20H17F3N4O3. The molecule has 0 saturated carbocycles. The molecule has 7 nitrogen and oxygen atoms in total. The molecule has 2 aromatic carbocycles. The molecule has 156 valence electrons. The molecule has 0 fully saturated rings. The molecule has 0 bridgehead atoms. The highest BCUT2D eigenvalue weighted by atomic mass is 19.4. The zero-order valence-electron chi connectivity index (χ0n) is 16.3. The first-order chi connectivity index (χ1) is 14.2. The fraction of sp³-hybridized carbons (Fsp3) is 0.250. The lowest BCUT2D eigenvalue weighted by Gasteiger charge is -2.15. The molecule has 2 aromatic heterocycles. The van der Waals surface area contributed by atoms with E-state index in [9.17, 15) is 18.0 Å². The van der Waals surface area contributed by atoms with Crippen molar-refractivity contribution >= 4 is 16.6 Å². The van der Waals surface area contributed by atoms with Gasteiger partial charge < -0.3 is 9.47 Å². The summed E-state index contributed by atoms with van der Waals surface area (Å²) in [6, 6.07) is 8.13. The van der Waals surface area contributed by atoms with Crippen molar-refractivity contribution < 1.29 is 22.6 Å². The number of alkyl halides is 3. The molecule has 4 rings (SSSR count). The van der Waals surface area contributed by atoms with Crippen molar-refractivity contribution in [3.8, 4) is 11.5 Å². The number of halogens is 3. The van der Waals surface area contributed by atoms with Gasteiger partial charge in [0.2, 0.25) is 0 Å². The van der Waals surface area contributed by atoms with Gasteiger partial charge in [-0.15, -0.1) is 5.10 Å². The Bertz CT molecular complexity index is 1330. The van der Waals surface area contributed by atoms with Crippen molar-refractivity contribution in [3.05, 3.63) is 63.8 Å². The van der Waals surface area contributed by atoms with E-state index >= 15 is 0 Å². The molecule has 0 aliphatic rings. The van der Waals surface area contributed by atoms with Crippen LogP contribution in [0.15, 0.2) is 41.2 Å². The molecule has 10 heteroatoms. The van der Waals surface area contributed by atoms with Crippen molar-refractivity contribution in [2.45, 2.75) is 19.6 Å². The van der Waals surface area contributed by atoms with Crippen LogP contribution in [0.1, 0.15) is 17.0 Å². The number of rotatable bonds is 4. The van der Waals surface area contributed by atoms with E-state index in [1.165, 1.54) is 30.9 Å². The van der Waals surface area contributed by atoms with Crippen molar-refractivity contribution in [3.63, 3.8) is 0 Å². The molecule has 0 aliphatic carbocycles. The highest BCUT2D eigenvalue weighted by Gasteiger charge is 2.30. The largest absolute Gasteiger partial charge is 0.493 e. The van der Waals surface area contributed by atoms with Crippen molar-refractivity contribution in [1.29, 1.82) is 0 Å². The Kier molecular flexibility index (Phi) is 4.64. The third kappa shape index (κ3) is 3.23. The number of fused-ring (bicyclic) bond motifs is 3. The summed E-state index contributed by atoms with van der Waals surface area (Å²) >= 11 is 0. The van der Waals surface area contributed by atoms with E-state index in [1.54, 1.807) is 19.1 Å². The summed E-state index contributed by atoms with van der Waals surface area (Å²) in [5, 5.41) is 4.70. The van der Waals surface area contributed by atoms with E-state index < -0.39 is 17.4 Å². The van der Waals surface area contributed by atoms with Gasteiger partial charge in [0, 0.05) is 11.5 Å². The topological polar surface area (TPSA) is 70.7 Å². The Morgan fingerprint density at radius 1 is 1.07 bits per heavy atom. The van der Waals surface area contributed by atoms with Crippen LogP contribution in [0.2, 0.25) is 0 Å². The molecule has 30 heavy (non-hydrogen) atoms. The number of aromatic nitrogens is 4. The van der Waals surface area contributed by atoms with Gasteiger partial charge >= 0.3 is 11.9 Å². The van der Waals surface area contributed by atoms with Gasteiger partial charge in [0.05, 0.1) is 31.8 Å². The monoisotopic (exact) mass is 418 g/mol. The van der Waals surface area contributed by atoms with Crippen molar-refractivity contribution in [2.75, 3.05) is 14.2 Å². The summed E-state index contributed by atoms with van der Waals surface area (Å²) in [5.41, 5.74) is -0.222. The van der Waals surface area contributed by atoms with Gasteiger partial charge in [-0.05, 0) is 30.7 Å². The first-order valence-corrected chi connectivity index (χ1v) is 8.91. The van der Waals surface area contributed by atoms with Gasteiger partial charge in [-0.2, -0.15) is 17.7 Å². The Hall–Kier alpha value is -3.56. The molecule has 0 spiro atoms. The minimum absolute atomic E-state index is 0.0937. The highest BCUT2D eigenvalue weighted by Crippen LogP contribution is 2.34. The van der Waals surface area contributed by atoms with Crippen LogP contribution in [0.3, 0.4) is 0 Å². The predicted octanol–water partition coefficient (Wildman–Crippen LogP) is 3.44. The smallest absolute Gasteiger partial charge is 0.416 e. The molecule has 0 radical (unpaired) electrons. The molecule has 0 atom stereocenters. The van der Waals surface area contributed by atoms with Crippen LogP contribution in [0.25, 0.3) is 16.6 Å². The number of hydrogen-bond donors (Lipinski definition) is 0. The average Bonchev–Trinajstić information content (AvgIpc) is 3.11. The van der Waals surface area contributed by atoms with Crippen LogP contribution in [-0.2, 0) is 12.7 Å². The van der Waals surface area contributed by atoms with Gasteiger partial charge in [-0.3, -0.25) is 4.57 Å². The minimum atomic E-state index is -4.48. The standard InChI is InChI=1S/C20H17F3N4O3/c1-11-24-18-14-8-16(29-2)17(30-3)9-15(14)26(19(28)27(18)25-11)10-12-5-4-6-13(7-12)20(21,22)23/h4-9H,10H2,1-3H3. The van der Waals surface area contributed by atoms with E-state index in [1.807, 2.05) is 0 Å². The first kappa shape index (κ1) is 19.7. The summed E-state index contributed by atoms with van der Waals surface area (Å²) in [4.78, 5) is 17.4. The number of hydrogen-bond acceptors (Lipinski definition) is 5. The number of ether oxygens (including phenoxy) is 2. The summed E-state index contributed by atoms with van der Waals surface area (Å²) in [7, 11) is 2.94. The van der Waals surface area contributed by atoms with Gasteiger partial charge in [-0.25, -0.2) is 9.78 Å². The molecule has 0 amide bonds. The molecular weight excluding hydrogens is 401 g/mol. The zero-order chi connectivity index (χ0) is 21.6. The Labute approximate surface area is 168 Å². The maximum atomic E-state index is 13.1. The van der Waals surface area contributed by atoms with E-state index in [0.717, 1.165) is 16.6 Å². The number of nitrogens with zero attached hydrogens (tertiary/aromatic N) is 4. The van der Waals surface area contributed by atoms with E-state index in [2.05, 4.69) is 10.1 Å². The second-order valence-electron chi connectivity index (χ2n) is 6.69. The molecule has 0 unspecified atom stereocenters. The highest BCUT2D eigenvalue weighted by molar-refractivity contribution is 5.94. The summed E-state index contributed by atoms with van der Waals surface area (Å²) in [5.74, 6) is 1.19. The minimum Gasteiger partial charge on any atom is -0.493 e. The van der Waals surface area contributed by atoms with Crippen LogP contribution in [0.4, 0.5) is 13.2 Å². The van der Waals surface area contributed by atoms with Crippen LogP contribution in [0.5, 0.6) is 11.5 Å². The van der Waals surface area contributed by atoms with E-state index in [4.69, 9.17) is 9.47 Å². The molecule has 2 heterocycles.